The van der Waals surface area contributed by atoms with Gasteiger partial charge in [-0.25, -0.2) is 0 Å². The predicted molar refractivity (Wildman–Crippen MR) is 71.5 cm³/mol. The third kappa shape index (κ3) is 5.38. The van der Waals surface area contributed by atoms with Crippen molar-refractivity contribution in [2.75, 3.05) is 12.3 Å². The average molecular weight is 355 g/mol. The van der Waals surface area contributed by atoms with Crippen molar-refractivity contribution in [2.24, 2.45) is 5.92 Å². The number of alkyl halides is 3. The standard InChI is InChI=1S/C13H13F4NO4S/c14-13(15,16)22-11-4-2-1-3-10(11)7-18-6-9(5-12(18)19)8-23(17,20)21/h1-4,9H,5-8H2. The highest BCUT2D eigenvalue weighted by Gasteiger charge is 2.35. The fourth-order valence-electron chi connectivity index (χ4n) is 2.46. The molecule has 0 bridgehead atoms. The number of hydrogen-bond donors (Lipinski definition) is 0. The Labute approximate surface area is 130 Å². The number of halogens is 4. The summed E-state index contributed by atoms with van der Waals surface area (Å²) >= 11 is 0. The van der Waals surface area contributed by atoms with Crippen LogP contribution in [0.1, 0.15) is 12.0 Å². The first-order valence-electron chi connectivity index (χ1n) is 6.57. The van der Waals surface area contributed by atoms with Crippen LogP contribution in [0.3, 0.4) is 0 Å². The lowest BCUT2D eigenvalue weighted by molar-refractivity contribution is -0.275. The van der Waals surface area contributed by atoms with Crippen LogP contribution < -0.4 is 4.74 Å². The molecule has 1 aromatic carbocycles. The van der Waals surface area contributed by atoms with Crippen molar-refractivity contribution in [3.63, 3.8) is 0 Å². The lowest BCUT2D eigenvalue weighted by Gasteiger charge is -2.19. The zero-order chi connectivity index (χ0) is 17.3. The van der Waals surface area contributed by atoms with Crippen molar-refractivity contribution >= 4 is 16.1 Å². The van der Waals surface area contributed by atoms with E-state index < -0.39 is 39.9 Å². The minimum absolute atomic E-state index is 0.0393. The molecule has 1 aliphatic rings. The van der Waals surface area contributed by atoms with Gasteiger partial charge in [-0.15, -0.1) is 17.1 Å². The summed E-state index contributed by atoms with van der Waals surface area (Å²) in [5, 5.41) is 0. The summed E-state index contributed by atoms with van der Waals surface area (Å²) in [5.74, 6) is -2.38. The van der Waals surface area contributed by atoms with Gasteiger partial charge in [0.05, 0.1) is 5.75 Å². The molecule has 0 aliphatic carbocycles. The summed E-state index contributed by atoms with van der Waals surface area (Å²) in [5.41, 5.74) is 0.127. The summed E-state index contributed by atoms with van der Waals surface area (Å²) in [7, 11) is -4.71. The minimum Gasteiger partial charge on any atom is -0.405 e. The average Bonchev–Trinajstić information content (AvgIpc) is 2.68. The molecule has 10 heteroatoms. The number of ether oxygens (including phenoxy) is 1. The lowest BCUT2D eigenvalue weighted by atomic mass is 10.1. The molecular weight excluding hydrogens is 342 g/mol. The van der Waals surface area contributed by atoms with E-state index >= 15 is 0 Å². The van der Waals surface area contributed by atoms with E-state index in [-0.39, 0.29) is 25.1 Å². The molecule has 0 radical (unpaired) electrons. The number of likely N-dealkylation sites (tertiary alicyclic amines) is 1. The Morgan fingerprint density at radius 3 is 2.52 bits per heavy atom. The molecule has 5 nitrogen and oxygen atoms in total. The Hall–Kier alpha value is -1.84. The number of amides is 1. The van der Waals surface area contributed by atoms with Crippen molar-refractivity contribution in [2.45, 2.75) is 19.3 Å². The fourth-order valence-corrected chi connectivity index (χ4v) is 3.25. The number of carbonyl (C=O) groups is 1. The molecule has 23 heavy (non-hydrogen) atoms. The number of rotatable bonds is 5. The third-order valence-electron chi connectivity index (χ3n) is 3.29. The van der Waals surface area contributed by atoms with E-state index in [4.69, 9.17) is 0 Å². The maximum absolute atomic E-state index is 12.7. The number of carbonyl (C=O) groups excluding carboxylic acids is 1. The minimum atomic E-state index is -4.87. The Balaban J connectivity index is 2.09. The zero-order valence-corrected chi connectivity index (χ0v) is 12.5. The summed E-state index contributed by atoms with van der Waals surface area (Å²) in [6, 6.07) is 5.33. The van der Waals surface area contributed by atoms with Crippen molar-refractivity contribution in [1.29, 1.82) is 0 Å². The van der Waals surface area contributed by atoms with Gasteiger partial charge in [0, 0.05) is 31.0 Å². The monoisotopic (exact) mass is 355 g/mol. The van der Waals surface area contributed by atoms with Crippen LogP contribution in [-0.4, -0.2) is 37.9 Å². The van der Waals surface area contributed by atoms with E-state index in [9.17, 15) is 30.3 Å². The molecule has 0 aromatic heterocycles. The van der Waals surface area contributed by atoms with Crippen LogP contribution >= 0.6 is 0 Å². The molecule has 0 saturated carbocycles. The van der Waals surface area contributed by atoms with E-state index in [2.05, 4.69) is 4.74 Å². The van der Waals surface area contributed by atoms with E-state index in [0.29, 0.717) is 0 Å². The summed E-state index contributed by atoms with van der Waals surface area (Å²) in [6.07, 6.45) is -5.03. The SMILES string of the molecule is O=C1CC(CS(=O)(=O)F)CN1Cc1ccccc1OC(F)(F)F. The Morgan fingerprint density at radius 2 is 1.91 bits per heavy atom. The van der Waals surface area contributed by atoms with E-state index in [1.165, 1.54) is 23.1 Å². The smallest absolute Gasteiger partial charge is 0.405 e. The van der Waals surface area contributed by atoms with Crippen molar-refractivity contribution in [1.82, 2.24) is 4.90 Å². The molecule has 2 rings (SSSR count). The van der Waals surface area contributed by atoms with Gasteiger partial charge in [-0.2, -0.15) is 8.42 Å². The maximum atomic E-state index is 12.7. The van der Waals surface area contributed by atoms with Gasteiger partial charge in [0.25, 0.3) is 0 Å². The molecule has 1 unspecified atom stereocenters. The first-order chi connectivity index (χ1) is 10.5. The summed E-state index contributed by atoms with van der Waals surface area (Å²) in [6.45, 7) is -0.212. The quantitative estimate of drug-likeness (QED) is 0.600. The van der Waals surface area contributed by atoms with E-state index in [1.54, 1.807) is 0 Å². The van der Waals surface area contributed by atoms with Gasteiger partial charge in [-0.05, 0) is 6.07 Å². The highest BCUT2D eigenvalue weighted by atomic mass is 32.3. The molecule has 1 aliphatic heterocycles. The topological polar surface area (TPSA) is 63.7 Å². The van der Waals surface area contributed by atoms with Gasteiger partial charge in [0.15, 0.2) is 0 Å². The number of benzene rings is 1. The van der Waals surface area contributed by atoms with Gasteiger partial charge in [0.2, 0.25) is 5.91 Å². The van der Waals surface area contributed by atoms with Gasteiger partial charge < -0.3 is 9.64 Å². The molecule has 1 fully saturated rings. The highest BCUT2D eigenvalue weighted by molar-refractivity contribution is 7.86. The van der Waals surface area contributed by atoms with Crippen LogP contribution in [0, 0.1) is 5.92 Å². The first kappa shape index (κ1) is 17.5. The first-order valence-corrected chi connectivity index (χ1v) is 8.12. The summed E-state index contributed by atoms with van der Waals surface area (Å²) in [4.78, 5) is 13.0. The van der Waals surface area contributed by atoms with Crippen LogP contribution in [0.25, 0.3) is 0 Å². The van der Waals surface area contributed by atoms with Crippen molar-refractivity contribution in [3.05, 3.63) is 29.8 Å². The van der Waals surface area contributed by atoms with Gasteiger partial charge in [-0.3, -0.25) is 4.79 Å². The normalized spacial score (nSPS) is 19.2. The Kier molecular flexibility index (Phi) is 4.83. The third-order valence-corrected chi connectivity index (χ3v) is 4.16. The number of hydrogen-bond acceptors (Lipinski definition) is 4. The molecule has 1 saturated heterocycles. The number of para-hydroxylation sites is 1. The van der Waals surface area contributed by atoms with Crippen LogP contribution in [0.4, 0.5) is 17.1 Å². The maximum Gasteiger partial charge on any atom is 0.573 e. The van der Waals surface area contributed by atoms with Gasteiger partial charge in [0.1, 0.15) is 5.75 Å². The molecule has 128 valence electrons. The zero-order valence-electron chi connectivity index (χ0n) is 11.7. The second-order valence-corrected chi connectivity index (χ2v) is 6.62. The molecule has 1 heterocycles. The highest BCUT2D eigenvalue weighted by Crippen LogP contribution is 2.29. The molecular formula is C13H13F4NO4S. The molecule has 1 aromatic rings. The Morgan fingerprint density at radius 1 is 1.26 bits per heavy atom. The van der Waals surface area contributed by atoms with Crippen LogP contribution in [0.15, 0.2) is 24.3 Å². The van der Waals surface area contributed by atoms with Crippen molar-refractivity contribution in [3.8, 4) is 5.75 Å². The van der Waals surface area contributed by atoms with Gasteiger partial charge in [-0.1, -0.05) is 18.2 Å². The molecule has 1 atom stereocenters. The molecule has 0 spiro atoms. The fraction of sp³-hybridized carbons (Fsp3) is 0.462. The van der Waals surface area contributed by atoms with Gasteiger partial charge >= 0.3 is 16.6 Å². The van der Waals surface area contributed by atoms with Crippen LogP contribution in [-0.2, 0) is 21.6 Å². The second kappa shape index (κ2) is 6.34. The van der Waals surface area contributed by atoms with Crippen LogP contribution in [0.2, 0.25) is 0 Å². The number of nitrogens with zero attached hydrogens (tertiary/aromatic N) is 1. The second-order valence-electron chi connectivity index (χ2n) is 5.21. The largest absolute Gasteiger partial charge is 0.573 e. The predicted octanol–water partition coefficient (Wildman–Crippen LogP) is 2.23. The Bertz CT molecular complexity index is 689. The molecule has 0 N–H and O–H groups in total. The van der Waals surface area contributed by atoms with Crippen molar-refractivity contribution < 1.29 is 35.0 Å². The van der Waals surface area contributed by atoms with E-state index in [0.717, 1.165) is 6.07 Å². The molecule has 1 amide bonds. The van der Waals surface area contributed by atoms with E-state index in [1.807, 2.05) is 0 Å². The summed E-state index contributed by atoms with van der Waals surface area (Å²) < 4.78 is 74.9. The van der Waals surface area contributed by atoms with Crippen LogP contribution in [0.5, 0.6) is 5.75 Å². The lowest BCUT2D eigenvalue weighted by Crippen LogP contribution is -2.26.